The first-order valence-electron chi connectivity index (χ1n) is 15.2. The third kappa shape index (κ3) is 7.68. The predicted octanol–water partition coefficient (Wildman–Crippen LogP) is 8.72. The van der Waals surface area contributed by atoms with E-state index in [1.54, 1.807) is 0 Å². The molecule has 230 valence electrons. The van der Waals surface area contributed by atoms with Crippen molar-refractivity contribution in [2.45, 2.75) is 167 Å². The SMILES string of the molecule is C=CCCC(C)(C1CC(C(C)(C)C)OC(CCC)O1)C(C)(C)C(O)C(C)(C)C(C)(C)C(OC(C)=O)C(C)(C)C. The average molecular weight is 553 g/mol. The Hall–Kier alpha value is -0.910. The lowest BCUT2D eigenvalue weighted by Crippen LogP contribution is -2.63. The van der Waals surface area contributed by atoms with E-state index in [9.17, 15) is 9.90 Å². The van der Waals surface area contributed by atoms with Gasteiger partial charge in [-0.2, -0.15) is 0 Å². The van der Waals surface area contributed by atoms with E-state index in [4.69, 9.17) is 14.2 Å². The molecule has 0 bridgehead atoms. The van der Waals surface area contributed by atoms with Crippen LogP contribution in [0.25, 0.3) is 0 Å². The quantitative estimate of drug-likeness (QED) is 0.194. The van der Waals surface area contributed by atoms with Gasteiger partial charge in [-0.3, -0.25) is 4.79 Å². The van der Waals surface area contributed by atoms with Crippen LogP contribution in [0.3, 0.4) is 0 Å². The molecule has 1 heterocycles. The van der Waals surface area contributed by atoms with Crippen LogP contribution in [-0.4, -0.2) is 41.8 Å². The van der Waals surface area contributed by atoms with Crippen molar-refractivity contribution in [3.63, 3.8) is 0 Å². The highest BCUT2D eigenvalue weighted by molar-refractivity contribution is 5.66. The maximum absolute atomic E-state index is 12.5. The number of carbonyl (C=O) groups is 1. The van der Waals surface area contributed by atoms with E-state index in [1.165, 1.54) is 6.92 Å². The summed E-state index contributed by atoms with van der Waals surface area (Å²) in [6.07, 6.45) is 4.83. The number of ether oxygens (including phenoxy) is 3. The third-order valence-corrected chi connectivity index (χ3v) is 10.4. The highest BCUT2D eigenvalue weighted by Crippen LogP contribution is 2.59. The van der Waals surface area contributed by atoms with Gasteiger partial charge >= 0.3 is 5.97 Å². The fraction of sp³-hybridized carbons (Fsp3) is 0.912. The standard InChI is InChI=1S/C34H64O5/c1-17-19-21-34(16,25-22-24(29(4,5)6)38-26(39-25)20-18-2)32(12,13)27(36)31(10,11)33(14,15)28(30(7,8)9)37-23(3)35/h17,24-28,36H,1,18-22H2,2-16H3. The summed E-state index contributed by atoms with van der Waals surface area (Å²) in [6, 6.07) is 0. The largest absolute Gasteiger partial charge is 0.461 e. The Kier molecular flexibility index (Phi) is 11.6. The number of rotatable bonds is 12. The zero-order valence-corrected chi connectivity index (χ0v) is 28.3. The molecule has 1 aliphatic heterocycles. The summed E-state index contributed by atoms with van der Waals surface area (Å²) in [4.78, 5) is 12.2. The Labute approximate surface area is 241 Å². The Morgan fingerprint density at radius 2 is 1.44 bits per heavy atom. The molecule has 0 saturated carbocycles. The first-order valence-corrected chi connectivity index (χ1v) is 15.2. The minimum Gasteiger partial charge on any atom is -0.461 e. The van der Waals surface area contributed by atoms with Crippen LogP contribution in [-0.2, 0) is 19.0 Å². The van der Waals surface area contributed by atoms with Crippen molar-refractivity contribution >= 4 is 5.97 Å². The van der Waals surface area contributed by atoms with Crippen molar-refractivity contribution in [3.05, 3.63) is 12.7 Å². The molecule has 1 saturated heterocycles. The molecule has 1 N–H and O–H groups in total. The molecule has 0 radical (unpaired) electrons. The first kappa shape index (κ1) is 36.1. The number of hydrogen-bond donors (Lipinski definition) is 1. The second-order valence-corrected chi connectivity index (χ2v) is 16.2. The Bertz CT molecular complexity index is 812. The lowest BCUT2D eigenvalue weighted by Gasteiger charge is -2.60. The van der Waals surface area contributed by atoms with Gasteiger partial charge in [-0.1, -0.05) is 109 Å². The second kappa shape index (κ2) is 12.5. The minimum atomic E-state index is -0.723. The number of carbonyl (C=O) groups excluding carboxylic acids is 1. The number of esters is 1. The van der Waals surface area contributed by atoms with E-state index < -0.39 is 22.3 Å². The van der Waals surface area contributed by atoms with Gasteiger partial charge in [-0.05, 0) is 40.9 Å². The maximum Gasteiger partial charge on any atom is 0.302 e. The zero-order chi connectivity index (χ0) is 30.8. The molecule has 6 atom stereocenters. The fourth-order valence-electron chi connectivity index (χ4n) is 6.82. The molecule has 1 rings (SSSR count). The van der Waals surface area contributed by atoms with E-state index in [0.29, 0.717) is 0 Å². The molecule has 5 heteroatoms. The van der Waals surface area contributed by atoms with Crippen LogP contribution in [0.5, 0.6) is 0 Å². The van der Waals surface area contributed by atoms with E-state index in [2.05, 4.69) is 104 Å². The van der Waals surface area contributed by atoms with E-state index in [-0.39, 0.29) is 46.8 Å². The van der Waals surface area contributed by atoms with Crippen molar-refractivity contribution in [2.75, 3.05) is 0 Å². The molecular formula is C34H64O5. The van der Waals surface area contributed by atoms with E-state index in [1.807, 2.05) is 6.08 Å². The average Bonchev–Trinajstić information content (AvgIpc) is 2.78. The summed E-state index contributed by atoms with van der Waals surface area (Å²) < 4.78 is 19.2. The van der Waals surface area contributed by atoms with Gasteiger partial charge < -0.3 is 19.3 Å². The predicted molar refractivity (Wildman–Crippen MR) is 162 cm³/mol. The summed E-state index contributed by atoms with van der Waals surface area (Å²) in [6.45, 7) is 35.8. The van der Waals surface area contributed by atoms with Crippen molar-refractivity contribution < 1.29 is 24.1 Å². The molecule has 0 aliphatic carbocycles. The Balaban J connectivity index is 3.67. The molecule has 0 spiro atoms. The fourth-order valence-corrected chi connectivity index (χ4v) is 6.82. The third-order valence-electron chi connectivity index (χ3n) is 10.4. The van der Waals surface area contributed by atoms with E-state index in [0.717, 1.165) is 32.1 Å². The van der Waals surface area contributed by atoms with Crippen LogP contribution in [0.4, 0.5) is 0 Å². The molecule has 0 aromatic carbocycles. The Morgan fingerprint density at radius 1 is 0.923 bits per heavy atom. The van der Waals surface area contributed by atoms with Crippen LogP contribution < -0.4 is 0 Å². The van der Waals surface area contributed by atoms with Gasteiger partial charge in [0.05, 0.1) is 18.3 Å². The summed E-state index contributed by atoms with van der Waals surface area (Å²) in [5, 5.41) is 12.5. The van der Waals surface area contributed by atoms with Crippen LogP contribution >= 0.6 is 0 Å². The molecule has 0 aromatic heterocycles. The lowest BCUT2D eigenvalue weighted by atomic mass is 9.48. The van der Waals surface area contributed by atoms with Gasteiger partial charge in [0.1, 0.15) is 6.10 Å². The summed E-state index contributed by atoms with van der Waals surface area (Å²) in [7, 11) is 0. The molecule has 0 amide bonds. The van der Waals surface area contributed by atoms with Gasteiger partial charge in [-0.15, -0.1) is 6.58 Å². The van der Waals surface area contributed by atoms with Gasteiger partial charge in [0.25, 0.3) is 0 Å². The molecule has 1 fully saturated rings. The minimum absolute atomic E-state index is 0.0264. The number of aliphatic hydroxyl groups excluding tert-OH is 1. The summed E-state index contributed by atoms with van der Waals surface area (Å²) >= 11 is 0. The topological polar surface area (TPSA) is 65.0 Å². The van der Waals surface area contributed by atoms with Gasteiger partial charge in [0.15, 0.2) is 6.29 Å². The van der Waals surface area contributed by atoms with Crippen LogP contribution in [0.15, 0.2) is 12.7 Å². The van der Waals surface area contributed by atoms with Gasteiger partial charge in [0.2, 0.25) is 0 Å². The molecule has 0 aromatic rings. The molecule has 6 unspecified atom stereocenters. The highest BCUT2D eigenvalue weighted by Gasteiger charge is 2.61. The molecule has 39 heavy (non-hydrogen) atoms. The zero-order valence-electron chi connectivity index (χ0n) is 28.3. The smallest absolute Gasteiger partial charge is 0.302 e. The molecular weight excluding hydrogens is 488 g/mol. The Morgan fingerprint density at radius 3 is 1.85 bits per heavy atom. The van der Waals surface area contributed by atoms with Crippen LogP contribution in [0.1, 0.15) is 136 Å². The van der Waals surface area contributed by atoms with Crippen molar-refractivity contribution in [1.29, 1.82) is 0 Å². The highest BCUT2D eigenvalue weighted by atomic mass is 16.7. The first-order chi connectivity index (χ1) is 17.4. The number of aliphatic hydroxyl groups is 1. The lowest BCUT2D eigenvalue weighted by molar-refractivity contribution is -0.303. The molecule has 1 aliphatic rings. The van der Waals surface area contributed by atoms with Gasteiger partial charge in [-0.25, -0.2) is 0 Å². The number of allylic oxidation sites excluding steroid dienone is 1. The summed E-state index contributed by atoms with van der Waals surface area (Å²) in [5.41, 5.74) is -2.43. The monoisotopic (exact) mass is 552 g/mol. The van der Waals surface area contributed by atoms with Crippen molar-refractivity contribution in [2.24, 2.45) is 32.5 Å². The van der Waals surface area contributed by atoms with Crippen LogP contribution in [0.2, 0.25) is 0 Å². The molecule has 5 nitrogen and oxygen atoms in total. The maximum atomic E-state index is 12.5. The van der Waals surface area contributed by atoms with E-state index >= 15 is 0 Å². The van der Waals surface area contributed by atoms with Crippen LogP contribution in [0, 0.1) is 32.5 Å². The number of hydrogen-bond acceptors (Lipinski definition) is 5. The normalized spacial score (nSPS) is 25.0. The summed E-state index contributed by atoms with van der Waals surface area (Å²) in [5.74, 6) is -0.297. The van der Waals surface area contributed by atoms with Crippen molar-refractivity contribution in [3.8, 4) is 0 Å². The van der Waals surface area contributed by atoms with Crippen molar-refractivity contribution in [1.82, 2.24) is 0 Å². The van der Waals surface area contributed by atoms with Gasteiger partial charge in [0, 0.05) is 24.2 Å². The second-order valence-electron chi connectivity index (χ2n) is 16.2.